The van der Waals surface area contributed by atoms with Gasteiger partial charge in [0.2, 0.25) is 0 Å². The quantitative estimate of drug-likeness (QED) is 0.620. The van der Waals surface area contributed by atoms with Crippen LogP contribution in [0.15, 0.2) is 30.3 Å². The fraction of sp³-hybridized carbons (Fsp3) is 0.316. The number of ether oxygens (including phenoxy) is 1. The predicted octanol–water partition coefficient (Wildman–Crippen LogP) is 3.64. The molecule has 0 saturated heterocycles. The summed E-state index contributed by atoms with van der Waals surface area (Å²) in [5, 5.41) is 6.62. The van der Waals surface area contributed by atoms with Crippen molar-refractivity contribution in [3.05, 3.63) is 52.9 Å². The number of rotatable bonds is 5. The fourth-order valence-electron chi connectivity index (χ4n) is 2.44. The molecule has 0 unspecified atom stereocenters. The van der Waals surface area contributed by atoms with Crippen LogP contribution in [0.5, 0.6) is 0 Å². The summed E-state index contributed by atoms with van der Waals surface area (Å²) in [6, 6.07) is 3.97. The van der Waals surface area contributed by atoms with Gasteiger partial charge in [-0.3, -0.25) is 9.48 Å². The standard InChI is InChI=1S/C19H20F3N3O3/c1-11-16(12(2)25(4)24-11)9-10-17(26)28-13(3)18(27)23-15-7-5-14(6-8-15)19(20,21)22/h5-10,13H,1-4H3,(H,23,27)/b10-9+/t13-/m1/s1. The van der Waals surface area contributed by atoms with Gasteiger partial charge in [-0.15, -0.1) is 0 Å². The second-order valence-corrected chi connectivity index (χ2v) is 6.18. The van der Waals surface area contributed by atoms with E-state index >= 15 is 0 Å². The van der Waals surface area contributed by atoms with E-state index in [1.54, 1.807) is 24.7 Å². The number of alkyl halides is 3. The van der Waals surface area contributed by atoms with Gasteiger partial charge in [0.1, 0.15) is 0 Å². The first-order valence-electron chi connectivity index (χ1n) is 8.36. The third-order valence-electron chi connectivity index (χ3n) is 4.09. The van der Waals surface area contributed by atoms with Gasteiger partial charge in [0.25, 0.3) is 5.91 Å². The van der Waals surface area contributed by atoms with Gasteiger partial charge in [0, 0.05) is 30.1 Å². The summed E-state index contributed by atoms with van der Waals surface area (Å²) in [5.41, 5.74) is 1.74. The van der Waals surface area contributed by atoms with Gasteiger partial charge in [0.15, 0.2) is 6.10 Å². The number of carbonyl (C=O) groups is 2. The molecule has 0 aliphatic carbocycles. The van der Waals surface area contributed by atoms with Crippen molar-refractivity contribution in [1.82, 2.24) is 9.78 Å². The molecule has 1 amide bonds. The van der Waals surface area contributed by atoms with Crippen LogP contribution in [0.1, 0.15) is 29.4 Å². The average molecular weight is 395 g/mol. The molecule has 0 bridgehead atoms. The molecular weight excluding hydrogens is 375 g/mol. The lowest BCUT2D eigenvalue weighted by Gasteiger charge is -2.13. The third-order valence-corrected chi connectivity index (χ3v) is 4.09. The summed E-state index contributed by atoms with van der Waals surface area (Å²) >= 11 is 0. The third kappa shape index (κ3) is 5.21. The minimum absolute atomic E-state index is 0.165. The van der Waals surface area contributed by atoms with Crippen molar-refractivity contribution in [1.29, 1.82) is 0 Å². The molecule has 9 heteroatoms. The number of hydrogen-bond donors (Lipinski definition) is 1. The van der Waals surface area contributed by atoms with Crippen LogP contribution in [0.3, 0.4) is 0 Å². The molecule has 28 heavy (non-hydrogen) atoms. The van der Waals surface area contributed by atoms with Gasteiger partial charge < -0.3 is 10.1 Å². The van der Waals surface area contributed by atoms with Gasteiger partial charge in [-0.1, -0.05) is 0 Å². The smallest absolute Gasteiger partial charge is 0.416 e. The molecule has 6 nitrogen and oxygen atoms in total. The minimum atomic E-state index is -4.46. The number of halogens is 3. The number of anilines is 1. The lowest BCUT2D eigenvalue weighted by Crippen LogP contribution is -2.29. The Labute approximate surface area is 160 Å². The number of aryl methyl sites for hydroxylation is 2. The predicted molar refractivity (Wildman–Crippen MR) is 97.3 cm³/mol. The van der Waals surface area contributed by atoms with Crippen LogP contribution in [0.4, 0.5) is 18.9 Å². The van der Waals surface area contributed by atoms with Crippen molar-refractivity contribution >= 4 is 23.6 Å². The summed E-state index contributed by atoms with van der Waals surface area (Å²) in [6.07, 6.45) is -2.84. The Morgan fingerprint density at radius 1 is 1.21 bits per heavy atom. The highest BCUT2D eigenvalue weighted by molar-refractivity contribution is 5.96. The number of nitrogens with one attached hydrogen (secondary N) is 1. The number of amides is 1. The van der Waals surface area contributed by atoms with Crippen molar-refractivity contribution in [2.24, 2.45) is 7.05 Å². The van der Waals surface area contributed by atoms with Crippen molar-refractivity contribution in [2.45, 2.75) is 33.1 Å². The van der Waals surface area contributed by atoms with Crippen LogP contribution in [0.2, 0.25) is 0 Å². The molecule has 0 aliphatic heterocycles. The molecule has 1 aromatic heterocycles. The van der Waals surface area contributed by atoms with E-state index in [4.69, 9.17) is 4.74 Å². The molecule has 0 aliphatic rings. The molecular formula is C19H20F3N3O3. The summed E-state index contributed by atoms with van der Waals surface area (Å²) < 4.78 is 44.3. The van der Waals surface area contributed by atoms with Crippen LogP contribution in [0.25, 0.3) is 6.08 Å². The zero-order chi connectivity index (χ0) is 21.1. The summed E-state index contributed by atoms with van der Waals surface area (Å²) in [7, 11) is 1.78. The van der Waals surface area contributed by atoms with Gasteiger partial charge in [-0.05, 0) is 51.1 Å². The first-order valence-corrected chi connectivity index (χ1v) is 8.36. The van der Waals surface area contributed by atoms with Crippen LogP contribution in [-0.4, -0.2) is 27.8 Å². The van der Waals surface area contributed by atoms with E-state index in [-0.39, 0.29) is 5.69 Å². The van der Waals surface area contributed by atoms with Crippen LogP contribution < -0.4 is 5.32 Å². The number of carbonyl (C=O) groups excluding carboxylic acids is 2. The molecule has 150 valence electrons. The maximum atomic E-state index is 12.5. The SMILES string of the molecule is Cc1nn(C)c(C)c1/C=C/C(=O)O[C@H](C)C(=O)Nc1ccc(C(F)(F)F)cc1. The minimum Gasteiger partial charge on any atom is -0.449 e. The van der Waals surface area contributed by atoms with Crippen LogP contribution in [0, 0.1) is 13.8 Å². The van der Waals surface area contributed by atoms with Crippen molar-refractivity contribution < 1.29 is 27.5 Å². The van der Waals surface area contributed by atoms with E-state index < -0.39 is 29.7 Å². The highest BCUT2D eigenvalue weighted by Crippen LogP contribution is 2.29. The maximum absolute atomic E-state index is 12.5. The Morgan fingerprint density at radius 2 is 1.82 bits per heavy atom. The molecule has 1 N–H and O–H groups in total. The highest BCUT2D eigenvalue weighted by atomic mass is 19.4. The van der Waals surface area contributed by atoms with Crippen molar-refractivity contribution in [3.63, 3.8) is 0 Å². The molecule has 0 fully saturated rings. The normalized spacial score (nSPS) is 12.8. The monoisotopic (exact) mass is 395 g/mol. The van der Waals surface area contributed by atoms with E-state index in [0.717, 1.165) is 41.2 Å². The van der Waals surface area contributed by atoms with Crippen LogP contribution >= 0.6 is 0 Å². The number of hydrogen-bond acceptors (Lipinski definition) is 4. The zero-order valence-corrected chi connectivity index (χ0v) is 15.8. The van der Waals surface area contributed by atoms with E-state index in [9.17, 15) is 22.8 Å². The van der Waals surface area contributed by atoms with E-state index in [1.165, 1.54) is 13.0 Å². The number of nitrogens with zero attached hydrogens (tertiary/aromatic N) is 2. The van der Waals surface area contributed by atoms with Gasteiger partial charge in [-0.2, -0.15) is 18.3 Å². The molecule has 0 spiro atoms. The molecule has 1 heterocycles. The van der Waals surface area contributed by atoms with Crippen molar-refractivity contribution in [2.75, 3.05) is 5.32 Å². The topological polar surface area (TPSA) is 73.2 Å². The second-order valence-electron chi connectivity index (χ2n) is 6.18. The Kier molecular flexibility index (Phi) is 6.27. The molecule has 2 aromatic rings. The largest absolute Gasteiger partial charge is 0.449 e. The average Bonchev–Trinajstić information content (AvgIpc) is 2.84. The van der Waals surface area contributed by atoms with Crippen molar-refractivity contribution in [3.8, 4) is 0 Å². The van der Waals surface area contributed by atoms with Gasteiger partial charge in [0.05, 0.1) is 11.3 Å². The molecule has 0 radical (unpaired) electrons. The maximum Gasteiger partial charge on any atom is 0.416 e. The molecule has 2 rings (SSSR count). The zero-order valence-electron chi connectivity index (χ0n) is 15.8. The van der Waals surface area contributed by atoms with E-state index in [0.29, 0.717) is 0 Å². The first-order chi connectivity index (χ1) is 13.0. The highest BCUT2D eigenvalue weighted by Gasteiger charge is 2.30. The molecule has 1 atom stereocenters. The fourth-order valence-corrected chi connectivity index (χ4v) is 2.44. The first kappa shape index (κ1) is 21.2. The lowest BCUT2D eigenvalue weighted by molar-refractivity contribution is -0.148. The Balaban J connectivity index is 1.94. The molecule has 1 aromatic carbocycles. The van der Waals surface area contributed by atoms with E-state index in [2.05, 4.69) is 10.4 Å². The Hall–Kier alpha value is -3.10. The Morgan fingerprint density at radius 3 is 2.32 bits per heavy atom. The molecule has 0 saturated carbocycles. The van der Waals surface area contributed by atoms with Gasteiger partial charge >= 0.3 is 12.1 Å². The summed E-state index contributed by atoms with van der Waals surface area (Å²) in [5.74, 6) is -1.38. The number of esters is 1. The summed E-state index contributed by atoms with van der Waals surface area (Å²) in [4.78, 5) is 24.0. The summed E-state index contributed by atoms with van der Waals surface area (Å²) in [6.45, 7) is 5.02. The van der Waals surface area contributed by atoms with Crippen LogP contribution in [-0.2, 0) is 27.5 Å². The lowest BCUT2D eigenvalue weighted by atomic mass is 10.2. The van der Waals surface area contributed by atoms with Gasteiger partial charge in [-0.25, -0.2) is 4.79 Å². The van der Waals surface area contributed by atoms with E-state index in [1.807, 2.05) is 6.92 Å². The number of aromatic nitrogens is 2. The second kappa shape index (κ2) is 8.28. The number of benzene rings is 1. The Bertz CT molecular complexity index is 900.